The molecule has 7 heteroatoms. The molecule has 2 aromatic carbocycles. The predicted molar refractivity (Wildman–Crippen MR) is 104 cm³/mol. The van der Waals surface area contributed by atoms with E-state index in [1.54, 1.807) is 6.20 Å². The van der Waals surface area contributed by atoms with Gasteiger partial charge in [-0.05, 0) is 36.2 Å². The molecule has 1 aliphatic rings. The first-order chi connectivity index (χ1) is 13.1. The molecular formula is C20H13FN4OS. The lowest BCUT2D eigenvalue weighted by atomic mass is 9.96. The first-order valence-corrected chi connectivity index (χ1v) is 9.24. The number of aromatic amines is 1. The van der Waals surface area contributed by atoms with Crippen LogP contribution >= 0.6 is 11.3 Å². The number of amides is 1. The number of benzene rings is 2. The van der Waals surface area contributed by atoms with Crippen molar-refractivity contribution in [2.75, 3.05) is 5.32 Å². The molecule has 0 aliphatic heterocycles. The zero-order valence-corrected chi connectivity index (χ0v) is 14.8. The van der Waals surface area contributed by atoms with Crippen LogP contribution in [0.1, 0.15) is 12.0 Å². The maximum atomic E-state index is 13.0. The summed E-state index contributed by atoms with van der Waals surface area (Å²) in [7, 11) is 0. The largest absolute Gasteiger partial charge is 0.302 e. The van der Waals surface area contributed by atoms with E-state index in [0.717, 1.165) is 37.8 Å². The van der Waals surface area contributed by atoms with E-state index in [-0.39, 0.29) is 5.91 Å². The van der Waals surface area contributed by atoms with Gasteiger partial charge in [0.1, 0.15) is 6.17 Å². The summed E-state index contributed by atoms with van der Waals surface area (Å²) >= 11 is 1.36. The highest BCUT2D eigenvalue weighted by Crippen LogP contribution is 2.37. The summed E-state index contributed by atoms with van der Waals surface area (Å²) in [6.07, 6.45) is 6.73. The molecule has 4 aromatic rings. The quantitative estimate of drug-likeness (QED) is 0.529. The Hall–Kier alpha value is -3.24. The number of H-pyrrole nitrogens is 1. The Morgan fingerprint density at radius 3 is 3.00 bits per heavy atom. The van der Waals surface area contributed by atoms with Crippen molar-refractivity contribution in [2.24, 2.45) is 5.92 Å². The maximum absolute atomic E-state index is 13.0. The normalized spacial score (nSPS) is 18.5. The first-order valence-electron chi connectivity index (χ1n) is 8.42. The van der Waals surface area contributed by atoms with Gasteiger partial charge in [0.25, 0.3) is 0 Å². The van der Waals surface area contributed by atoms with Gasteiger partial charge in [-0.3, -0.25) is 9.89 Å². The molecule has 1 unspecified atom stereocenters. The van der Waals surface area contributed by atoms with Crippen LogP contribution in [0.2, 0.25) is 0 Å². The molecule has 2 heterocycles. The molecule has 1 amide bonds. The zero-order chi connectivity index (χ0) is 18.5. The molecule has 0 spiro atoms. The second-order valence-corrected chi connectivity index (χ2v) is 7.54. The number of nitrogens with one attached hydrogen (secondary N) is 2. The van der Waals surface area contributed by atoms with E-state index in [1.807, 2.05) is 30.3 Å². The summed E-state index contributed by atoms with van der Waals surface area (Å²) in [5, 5.41) is 11.2. The van der Waals surface area contributed by atoms with E-state index < -0.39 is 12.1 Å². The fraction of sp³-hybridized carbons (Fsp3) is 0.150. The number of carbonyl (C=O) groups is 1. The fourth-order valence-corrected chi connectivity index (χ4v) is 4.12. The standard InChI is InChI=1S/C20H13FN4OS/c1-2-10-3-5-15-13(9-22-25-15)18(10)11-4-6-16-17(7-11)27-20(23-16)24-19(26)12-8-14(12)21/h1,3-7,9,12,14H,8H2,(H,22,25)(H,23,24,26)/t12?,14-/m0/s1. The lowest BCUT2D eigenvalue weighted by Gasteiger charge is -2.07. The molecule has 2 N–H and O–H groups in total. The number of anilines is 1. The summed E-state index contributed by atoms with van der Waals surface area (Å²) in [6, 6.07) is 9.65. The van der Waals surface area contributed by atoms with Gasteiger partial charge in [0.15, 0.2) is 5.13 Å². The Bertz CT molecular complexity index is 1250. The summed E-state index contributed by atoms with van der Waals surface area (Å²) in [6.45, 7) is 0. The highest BCUT2D eigenvalue weighted by Gasteiger charge is 2.43. The lowest BCUT2D eigenvalue weighted by molar-refractivity contribution is -0.117. The Kier molecular flexibility index (Phi) is 3.49. The van der Waals surface area contributed by atoms with E-state index in [9.17, 15) is 9.18 Å². The van der Waals surface area contributed by atoms with Gasteiger partial charge in [-0.15, -0.1) is 6.42 Å². The Morgan fingerprint density at radius 2 is 2.22 bits per heavy atom. The molecule has 27 heavy (non-hydrogen) atoms. The van der Waals surface area contributed by atoms with Crippen molar-refractivity contribution >= 4 is 43.5 Å². The lowest BCUT2D eigenvalue weighted by Crippen LogP contribution is -2.14. The van der Waals surface area contributed by atoms with Gasteiger partial charge >= 0.3 is 0 Å². The van der Waals surface area contributed by atoms with Crippen LogP contribution in [0.25, 0.3) is 32.2 Å². The van der Waals surface area contributed by atoms with Crippen molar-refractivity contribution < 1.29 is 9.18 Å². The van der Waals surface area contributed by atoms with Gasteiger partial charge in [-0.25, -0.2) is 9.37 Å². The number of rotatable bonds is 3. The number of nitrogens with zero attached hydrogens (tertiary/aromatic N) is 2. The van der Waals surface area contributed by atoms with Crippen molar-refractivity contribution in [1.29, 1.82) is 0 Å². The smallest absolute Gasteiger partial charge is 0.232 e. The minimum atomic E-state index is -1.02. The molecule has 1 fully saturated rings. The van der Waals surface area contributed by atoms with Crippen LogP contribution < -0.4 is 5.32 Å². The Morgan fingerprint density at radius 1 is 1.37 bits per heavy atom. The topological polar surface area (TPSA) is 70.7 Å². The minimum Gasteiger partial charge on any atom is -0.302 e. The van der Waals surface area contributed by atoms with Crippen LogP contribution in [0.4, 0.5) is 9.52 Å². The number of hydrogen-bond donors (Lipinski definition) is 2. The van der Waals surface area contributed by atoms with Gasteiger partial charge in [-0.2, -0.15) is 5.10 Å². The highest BCUT2D eigenvalue weighted by atomic mass is 32.1. The van der Waals surface area contributed by atoms with Gasteiger partial charge in [-0.1, -0.05) is 23.3 Å². The van der Waals surface area contributed by atoms with Crippen molar-refractivity contribution in [3.63, 3.8) is 0 Å². The number of halogens is 1. The molecule has 2 atom stereocenters. The Labute approximate surface area is 157 Å². The van der Waals surface area contributed by atoms with Crippen LogP contribution in [-0.4, -0.2) is 27.3 Å². The minimum absolute atomic E-state index is 0.296. The molecule has 1 aliphatic carbocycles. The number of thiazole rings is 1. The van der Waals surface area contributed by atoms with E-state index in [2.05, 4.69) is 26.4 Å². The molecule has 0 saturated heterocycles. The summed E-state index contributed by atoms with van der Waals surface area (Å²) < 4.78 is 14.0. The van der Waals surface area contributed by atoms with Crippen LogP contribution in [0.3, 0.4) is 0 Å². The van der Waals surface area contributed by atoms with E-state index in [4.69, 9.17) is 6.42 Å². The van der Waals surface area contributed by atoms with Gasteiger partial charge in [0.05, 0.1) is 27.8 Å². The number of carbonyl (C=O) groups excluding carboxylic acids is 1. The third-order valence-electron chi connectivity index (χ3n) is 4.74. The van der Waals surface area contributed by atoms with Crippen LogP contribution in [0.5, 0.6) is 0 Å². The molecule has 5 nitrogen and oxygen atoms in total. The molecule has 5 rings (SSSR count). The molecule has 132 valence electrons. The third kappa shape index (κ3) is 2.66. The maximum Gasteiger partial charge on any atom is 0.232 e. The fourth-order valence-electron chi connectivity index (χ4n) is 3.22. The van der Waals surface area contributed by atoms with Crippen LogP contribution in [-0.2, 0) is 4.79 Å². The van der Waals surface area contributed by atoms with E-state index in [0.29, 0.717) is 11.6 Å². The average Bonchev–Trinajstić information content (AvgIpc) is 3.07. The predicted octanol–water partition coefficient (Wildman–Crippen LogP) is 4.12. The van der Waals surface area contributed by atoms with E-state index >= 15 is 0 Å². The number of hydrogen-bond acceptors (Lipinski definition) is 4. The number of terminal acetylenes is 1. The molecule has 1 saturated carbocycles. The first kappa shape index (κ1) is 16.0. The van der Waals surface area contributed by atoms with Gasteiger partial charge in [0.2, 0.25) is 5.91 Å². The number of alkyl halides is 1. The van der Waals surface area contributed by atoms with Crippen LogP contribution in [0, 0.1) is 18.3 Å². The van der Waals surface area contributed by atoms with E-state index in [1.165, 1.54) is 11.3 Å². The number of aromatic nitrogens is 3. The molecule has 2 aromatic heterocycles. The monoisotopic (exact) mass is 376 g/mol. The van der Waals surface area contributed by atoms with Gasteiger partial charge in [0, 0.05) is 16.5 Å². The highest BCUT2D eigenvalue weighted by molar-refractivity contribution is 7.22. The van der Waals surface area contributed by atoms with Gasteiger partial charge < -0.3 is 5.32 Å². The average molecular weight is 376 g/mol. The third-order valence-corrected chi connectivity index (χ3v) is 5.67. The molecular weight excluding hydrogens is 363 g/mol. The number of fused-ring (bicyclic) bond motifs is 2. The van der Waals surface area contributed by atoms with Crippen molar-refractivity contribution in [3.8, 4) is 23.5 Å². The summed E-state index contributed by atoms with van der Waals surface area (Å²) in [4.78, 5) is 16.4. The Balaban J connectivity index is 1.57. The van der Waals surface area contributed by atoms with Crippen molar-refractivity contribution in [3.05, 3.63) is 42.1 Å². The zero-order valence-electron chi connectivity index (χ0n) is 14.0. The molecule has 0 radical (unpaired) electrons. The van der Waals surface area contributed by atoms with Crippen molar-refractivity contribution in [2.45, 2.75) is 12.6 Å². The second kappa shape index (κ2) is 5.89. The van der Waals surface area contributed by atoms with Crippen LogP contribution in [0.15, 0.2) is 36.5 Å². The molecule has 0 bridgehead atoms. The SMILES string of the molecule is C#Cc1ccc2[nH]ncc2c1-c1ccc2nc(NC(=O)C3C[C@@H]3F)sc2c1. The second-order valence-electron chi connectivity index (χ2n) is 6.51. The van der Waals surface area contributed by atoms with Crippen molar-refractivity contribution in [1.82, 2.24) is 15.2 Å². The summed E-state index contributed by atoms with van der Waals surface area (Å²) in [5.41, 5.74) is 4.35. The summed E-state index contributed by atoms with van der Waals surface area (Å²) in [5.74, 6) is 1.89.